The molecule has 1 unspecified atom stereocenters. The van der Waals surface area contributed by atoms with Gasteiger partial charge in [0.1, 0.15) is 16.9 Å². The molecule has 5 nitrogen and oxygen atoms in total. The van der Waals surface area contributed by atoms with Crippen molar-refractivity contribution in [1.82, 2.24) is 10.2 Å². The van der Waals surface area contributed by atoms with E-state index in [0.717, 1.165) is 42.2 Å². The number of thioether (sulfide) groups is 1. The maximum Gasteiger partial charge on any atom is 0.318 e. The summed E-state index contributed by atoms with van der Waals surface area (Å²) >= 11 is 1.79. The van der Waals surface area contributed by atoms with Crippen LogP contribution in [0.1, 0.15) is 43.0 Å². The van der Waals surface area contributed by atoms with Gasteiger partial charge >= 0.3 is 6.03 Å². The van der Waals surface area contributed by atoms with Crippen molar-refractivity contribution in [3.8, 4) is 11.5 Å². The van der Waals surface area contributed by atoms with Crippen molar-refractivity contribution in [3.05, 3.63) is 23.8 Å². The average molecular weight is 350 g/mol. The van der Waals surface area contributed by atoms with Crippen LogP contribution in [-0.4, -0.2) is 43.5 Å². The first-order valence-electron chi connectivity index (χ1n) is 8.63. The smallest absolute Gasteiger partial charge is 0.318 e. The van der Waals surface area contributed by atoms with Crippen LogP contribution in [0.5, 0.6) is 11.5 Å². The van der Waals surface area contributed by atoms with Crippen LogP contribution >= 0.6 is 11.8 Å². The summed E-state index contributed by atoms with van der Waals surface area (Å²) in [6, 6.07) is 6.23. The Morgan fingerprint density at radius 3 is 2.42 bits per heavy atom. The van der Waals surface area contributed by atoms with E-state index in [4.69, 9.17) is 9.47 Å². The van der Waals surface area contributed by atoms with E-state index in [1.807, 2.05) is 23.1 Å². The van der Waals surface area contributed by atoms with Crippen LogP contribution in [0.4, 0.5) is 4.79 Å². The second-order valence-corrected chi connectivity index (χ2v) is 7.54. The Hall–Kier alpha value is -1.56. The van der Waals surface area contributed by atoms with Gasteiger partial charge in [-0.3, -0.25) is 0 Å². The van der Waals surface area contributed by atoms with Gasteiger partial charge in [0, 0.05) is 24.4 Å². The van der Waals surface area contributed by atoms with Crippen LogP contribution in [0.25, 0.3) is 0 Å². The van der Waals surface area contributed by atoms with Gasteiger partial charge in [0.15, 0.2) is 0 Å². The molecule has 1 saturated carbocycles. The number of carbonyl (C=O) groups excluding carboxylic acids is 1. The normalized spacial score (nSPS) is 21.6. The summed E-state index contributed by atoms with van der Waals surface area (Å²) in [4.78, 5) is 14.7. The molecule has 6 heteroatoms. The van der Waals surface area contributed by atoms with E-state index >= 15 is 0 Å². The van der Waals surface area contributed by atoms with Crippen molar-refractivity contribution >= 4 is 17.8 Å². The predicted molar refractivity (Wildman–Crippen MR) is 96.9 cm³/mol. The van der Waals surface area contributed by atoms with E-state index in [1.54, 1.807) is 26.0 Å². The highest BCUT2D eigenvalue weighted by atomic mass is 32.2. The Balaban J connectivity index is 1.73. The largest absolute Gasteiger partial charge is 0.497 e. The summed E-state index contributed by atoms with van der Waals surface area (Å²) in [6.45, 7) is 0.771. The lowest BCUT2D eigenvalue weighted by Gasteiger charge is -2.29. The second kappa shape index (κ2) is 8.01. The van der Waals surface area contributed by atoms with Crippen molar-refractivity contribution in [3.63, 3.8) is 0 Å². The zero-order valence-corrected chi connectivity index (χ0v) is 15.2. The molecule has 1 heterocycles. The third kappa shape index (κ3) is 3.91. The second-order valence-electron chi connectivity index (χ2n) is 6.35. The molecule has 1 saturated heterocycles. The Bertz CT molecular complexity index is 553. The fourth-order valence-electron chi connectivity index (χ4n) is 3.43. The molecule has 0 radical (unpaired) electrons. The van der Waals surface area contributed by atoms with Crippen LogP contribution in [0.15, 0.2) is 18.2 Å². The van der Waals surface area contributed by atoms with Gasteiger partial charge in [0.2, 0.25) is 0 Å². The Labute approximate surface area is 148 Å². The topological polar surface area (TPSA) is 50.8 Å². The first-order chi connectivity index (χ1) is 11.7. The molecule has 132 valence electrons. The van der Waals surface area contributed by atoms with Crippen molar-refractivity contribution in [2.75, 3.05) is 26.5 Å². The maximum atomic E-state index is 12.7. The van der Waals surface area contributed by atoms with E-state index in [1.165, 1.54) is 19.3 Å². The molecule has 24 heavy (non-hydrogen) atoms. The minimum atomic E-state index is 0.0117. The van der Waals surface area contributed by atoms with E-state index < -0.39 is 0 Å². The van der Waals surface area contributed by atoms with E-state index in [9.17, 15) is 4.79 Å². The zero-order chi connectivity index (χ0) is 16.9. The van der Waals surface area contributed by atoms with Crippen molar-refractivity contribution in [2.45, 2.75) is 43.5 Å². The standard InChI is InChI=1S/C18H26N2O3S/c1-22-15-10-13(11-16(12-15)23-2)17-20(8-9-24-17)18(21)19-14-6-4-3-5-7-14/h10-12,14,17H,3-9H2,1-2H3,(H,19,21). The molecule has 1 N–H and O–H groups in total. The molecule has 1 aliphatic heterocycles. The molecule has 0 aromatic heterocycles. The SMILES string of the molecule is COc1cc(OC)cc(C2SCCN2C(=O)NC2CCCCC2)c1. The summed E-state index contributed by atoms with van der Waals surface area (Å²) in [5.74, 6) is 2.46. The highest BCUT2D eigenvalue weighted by Crippen LogP contribution is 2.40. The molecule has 2 aliphatic rings. The van der Waals surface area contributed by atoms with Crippen LogP contribution < -0.4 is 14.8 Å². The number of hydrogen-bond donors (Lipinski definition) is 1. The maximum absolute atomic E-state index is 12.7. The average Bonchev–Trinajstić information content (AvgIpc) is 3.12. The van der Waals surface area contributed by atoms with Gasteiger partial charge < -0.3 is 19.7 Å². The molecule has 1 aromatic rings. The number of ether oxygens (including phenoxy) is 2. The molecule has 1 aromatic carbocycles. The molecular formula is C18H26N2O3S. The zero-order valence-electron chi connectivity index (χ0n) is 14.4. The summed E-state index contributed by atoms with van der Waals surface area (Å²) in [7, 11) is 3.29. The third-order valence-corrected chi connectivity index (χ3v) is 6.00. The summed E-state index contributed by atoms with van der Waals surface area (Å²) in [5.41, 5.74) is 1.05. The number of nitrogens with one attached hydrogen (secondary N) is 1. The first kappa shape index (κ1) is 17.3. The third-order valence-electron chi connectivity index (χ3n) is 4.74. The van der Waals surface area contributed by atoms with Crippen LogP contribution in [-0.2, 0) is 0 Å². The number of rotatable bonds is 4. The number of hydrogen-bond acceptors (Lipinski definition) is 4. The number of amides is 2. The fourth-order valence-corrected chi connectivity index (χ4v) is 4.67. The number of nitrogens with zero attached hydrogens (tertiary/aromatic N) is 1. The highest BCUT2D eigenvalue weighted by molar-refractivity contribution is 7.99. The summed E-state index contributed by atoms with van der Waals surface area (Å²) in [6.07, 6.45) is 5.93. The summed E-state index contributed by atoms with van der Waals surface area (Å²) in [5, 5.41) is 3.24. The number of carbonyl (C=O) groups is 1. The molecular weight excluding hydrogens is 324 g/mol. The Morgan fingerprint density at radius 1 is 1.12 bits per heavy atom. The van der Waals surface area contributed by atoms with Gasteiger partial charge in [-0.05, 0) is 30.5 Å². The van der Waals surface area contributed by atoms with Gasteiger partial charge in [-0.25, -0.2) is 4.79 Å². The lowest BCUT2D eigenvalue weighted by molar-refractivity contribution is 0.192. The quantitative estimate of drug-likeness (QED) is 0.897. The van der Waals surface area contributed by atoms with Gasteiger partial charge in [0.05, 0.1) is 14.2 Å². The fraction of sp³-hybridized carbons (Fsp3) is 0.611. The van der Waals surface area contributed by atoms with Crippen LogP contribution in [0.3, 0.4) is 0 Å². The number of methoxy groups -OCH3 is 2. The Morgan fingerprint density at radius 2 is 1.79 bits per heavy atom. The first-order valence-corrected chi connectivity index (χ1v) is 9.68. The molecule has 0 bridgehead atoms. The summed E-state index contributed by atoms with van der Waals surface area (Å²) < 4.78 is 10.7. The van der Waals surface area contributed by atoms with Crippen molar-refractivity contribution < 1.29 is 14.3 Å². The lowest BCUT2D eigenvalue weighted by atomic mass is 9.96. The molecule has 2 amide bonds. The van der Waals surface area contributed by atoms with E-state index in [2.05, 4.69) is 5.32 Å². The Kier molecular flexibility index (Phi) is 5.76. The van der Waals surface area contributed by atoms with Gasteiger partial charge in [0.25, 0.3) is 0 Å². The number of urea groups is 1. The van der Waals surface area contributed by atoms with Crippen molar-refractivity contribution in [2.24, 2.45) is 0 Å². The van der Waals surface area contributed by atoms with Crippen LogP contribution in [0, 0.1) is 0 Å². The van der Waals surface area contributed by atoms with Gasteiger partial charge in [-0.1, -0.05) is 19.3 Å². The minimum Gasteiger partial charge on any atom is -0.497 e. The lowest BCUT2D eigenvalue weighted by Crippen LogP contribution is -2.45. The molecule has 1 aliphatic carbocycles. The van der Waals surface area contributed by atoms with Crippen LogP contribution in [0.2, 0.25) is 0 Å². The van der Waals surface area contributed by atoms with Crippen molar-refractivity contribution in [1.29, 1.82) is 0 Å². The highest BCUT2D eigenvalue weighted by Gasteiger charge is 2.32. The van der Waals surface area contributed by atoms with Gasteiger partial charge in [-0.2, -0.15) is 0 Å². The minimum absolute atomic E-state index is 0.0117. The number of benzene rings is 1. The molecule has 2 fully saturated rings. The van der Waals surface area contributed by atoms with E-state index in [-0.39, 0.29) is 11.4 Å². The molecule has 3 rings (SSSR count). The predicted octanol–water partition coefficient (Wildman–Crippen LogP) is 3.79. The molecule has 0 spiro atoms. The van der Waals surface area contributed by atoms with Gasteiger partial charge in [-0.15, -0.1) is 11.8 Å². The monoisotopic (exact) mass is 350 g/mol. The van der Waals surface area contributed by atoms with E-state index in [0.29, 0.717) is 6.04 Å². The molecule has 1 atom stereocenters.